The third-order valence-electron chi connectivity index (χ3n) is 1.41. The first kappa shape index (κ1) is 9.53. The lowest BCUT2D eigenvalue weighted by Crippen LogP contribution is -1.94. The van der Waals surface area contributed by atoms with Crippen molar-refractivity contribution < 1.29 is 0 Å². The highest BCUT2D eigenvalue weighted by molar-refractivity contribution is 5.85. The van der Waals surface area contributed by atoms with Crippen LogP contribution in [0.25, 0.3) is 0 Å². The van der Waals surface area contributed by atoms with Gasteiger partial charge in [-0.05, 0) is 18.6 Å². The Bertz CT molecular complexity index is 165. The molecule has 2 N–H and O–H groups in total. The quantitative estimate of drug-likeness (QED) is 0.697. The second kappa shape index (κ2) is 4.36. The Kier molecular flexibility index (Phi) is 4.16. The van der Waals surface area contributed by atoms with Gasteiger partial charge in [-0.3, -0.25) is 0 Å². The maximum absolute atomic E-state index is 5.40. The monoisotopic (exact) mass is 160 g/mol. The Morgan fingerprint density at radius 2 is 2.30 bits per heavy atom. The Morgan fingerprint density at radius 3 is 2.60 bits per heavy atom. The van der Waals surface area contributed by atoms with Crippen molar-refractivity contribution in [1.29, 1.82) is 0 Å². The van der Waals surface area contributed by atoms with Gasteiger partial charge in [-0.1, -0.05) is 0 Å². The summed E-state index contributed by atoms with van der Waals surface area (Å²) in [7, 11) is 0. The molecule has 0 bridgehead atoms. The van der Waals surface area contributed by atoms with Gasteiger partial charge in [0, 0.05) is 25.5 Å². The summed E-state index contributed by atoms with van der Waals surface area (Å²) >= 11 is 0. The molecule has 0 saturated heterocycles. The second-order valence-corrected chi connectivity index (χ2v) is 2.05. The van der Waals surface area contributed by atoms with E-state index in [0.717, 1.165) is 6.54 Å². The number of hydrogen-bond donors (Lipinski definition) is 1. The van der Waals surface area contributed by atoms with E-state index in [-0.39, 0.29) is 12.4 Å². The minimum absolute atomic E-state index is 0. The van der Waals surface area contributed by atoms with Crippen LogP contribution in [0.2, 0.25) is 0 Å². The fourth-order valence-electron chi connectivity index (χ4n) is 0.808. The van der Waals surface area contributed by atoms with E-state index in [9.17, 15) is 0 Å². The molecule has 1 aromatic heterocycles. The normalized spacial score (nSPS) is 9.00. The average molecular weight is 161 g/mol. The molecular formula is C7H13ClN2. The SMILES string of the molecule is CCn1ccc(CN)c1.Cl. The smallest absolute Gasteiger partial charge is 0.0193 e. The fraction of sp³-hybridized carbons (Fsp3) is 0.429. The molecule has 0 spiro atoms. The van der Waals surface area contributed by atoms with Gasteiger partial charge in [-0.25, -0.2) is 0 Å². The van der Waals surface area contributed by atoms with Crippen LogP contribution in [0.1, 0.15) is 12.5 Å². The summed E-state index contributed by atoms with van der Waals surface area (Å²) in [5.41, 5.74) is 6.61. The maximum Gasteiger partial charge on any atom is 0.0193 e. The molecule has 10 heavy (non-hydrogen) atoms. The van der Waals surface area contributed by atoms with Gasteiger partial charge >= 0.3 is 0 Å². The van der Waals surface area contributed by atoms with Crippen molar-refractivity contribution in [2.75, 3.05) is 0 Å². The number of nitrogens with two attached hydrogens (primary N) is 1. The van der Waals surface area contributed by atoms with Crippen LogP contribution in [0.3, 0.4) is 0 Å². The number of rotatable bonds is 2. The predicted octanol–water partition coefficient (Wildman–Crippen LogP) is 1.39. The molecule has 0 aliphatic carbocycles. The van der Waals surface area contributed by atoms with Crippen molar-refractivity contribution in [1.82, 2.24) is 4.57 Å². The van der Waals surface area contributed by atoms with Gasteiger partial charge in [0.1, 0.15) is 0 Å². The molecule has 2 nitrogen and oxygen atoms in total. The van der Waals surface area contributed by atoms with Gasteiger partial charge in [-0.2, -0.15) is 0 Å². The summed E-state index contributed by atoms with van der Waals surface area (Å²) in [5.74, 6) is 0. The van der Waals surface area contributed by atoms with E-state index in [1.807, 2.05) is 12.3 Å². The predicted molar refractivity (Wildman–Crippen MR) is 45.2 cm³/mol. The molecule has 0 saturated carbocycles. The molecule has 58 valence electrons. The molecule has 0 aromatic carbocycles. The zero-order valence-electron chi connectivity index (χ0n) is 6.08. The summed E-state index contributed by atoms with van der Waals surface area (Å²) in [5, 5.41) is 0. The third kappa shape index (κ3) is 2.05. The standard InChI is InChI=1S/C7H12N2.ClH/c1-2-9-4-3-7(5-8)6-9;/h3-4,6H,2,5,8H2,1H3;1H. The van der Waals surface area contributed by atoms with Gasteiger partial charge in [0.15, 0.2) is 0 Å². The Balaban J connectivity index is 0.000000810. The summed E-state index contributed by atoms with van der Waals surface area (Å²) in [6.07, 6.45) is 4.11. The molecule has 3 heteroatoms. The molecule has 0 unspecified atom stereocenters. The molecule has 0 atom stereocenters. The second-order valence-electron chi connectivity index (χ2n) is 2.05. The molecule has 1 heterocycles. The van der Waals surface area contributed by atoms with Crippen LogP contribution in [0.4, 0.5) is 0 Å². The van der Waals surface area contributed by atoms with Crippen molar-refractivity contribution in [3.05, 3.63) is 24.0 Å². The number of halogens is 1. The minimum atomic E-state index is 0. The molecule has 0 aliphatic rings. The highest BCUT2D eigenvalue weighted by atomic mass is 35.5. The molecule has 0 aliphatic heterocycles. The number of aromatic nitrogens is 1. The lowest BCUT2D eigenvalue weighted by Gasteiger charge is -1.91. The summed E-state index contributed by atoms with van der Waals surface area (Å²) in [6, 6.07) is 2.05. The lowest BCUT2D eigenvalue weighted by molar-refractivity contribution is 0.765. The number of nitrogens with zero attached hydrogens (tertiary/aromatic N) is 1. The molecular weight excluding hydrogens is 148 g/mol. The van der Waals surface area contributed by atoms with Gasteiger partial charge in [0.25, 0.3) is 0 Å². The summed E-state index contributed by atoms with van der Waals surface area (Å²) < 4.78 is 2.11. The maximum atomic E-state index is 5.40. The van der Waals surface area contributed by atoms with Gasteiger partial charge in [0.05, 0.1) is 0 Å². The molecule has 0 radical (unpaired) electrons. The van der Waals surface area contributed by atoms with E-state index in [1.54, 1.807) is 0 Å². The average Bonchev–Trinajstić information content (AvgIpc) is 2.34. The zero-order chi connectivity index (χ0) is 6.69. The molecule has 1 aromatic rings. The van der Waals surface area contributed by atoms with Crippen LogP contribution >= 0.6 is 12.4 Å². The van der Waals surface area contributed by atoms with E-state index in [1.165, 1.54) is 5.56 Å². The van der Waals surface area contributed by atoms with Crippen molar-refractivity contribution in [2.24, 2.45) is 5.73 Å². The summed E-state index contributed by atoms with van der Waals surface area (Å²) in [4.78, 5) is 0. The lowest BCUT2D eigenvalue weighted by atomic mass is 10.4. The molecule has 1 rings (SSSR count). The number of hydrogen-bond acceptors (Lipinski definition) is 1. The Morgan fingerprint density at radius 1 is 1.60 bits per heavy atom. The fourth-order valence-corrected chi connectivity index (χ4v) is 0.808. The minimum Gasteiger partial charge on any atom is -0.354 e. The van der Waals surface area contributed by atoms with Gasteiger partial charge in [0.2, 0.25) is 0 Å². The topological polar surface area (TPSA) is 30.9 Å². The zero-order valence-corrected chi connectivity index (χ0v) is 6.90. The van der Waals surface area contributed by atoms with E-state index in [0.29, 0.717) is 6.54 Å². The largest absolute Gasteiger partial charge is 0.354 e. The van der Waals surface area contributed by atoms with Crippen LogP contribution in [-0.4, -0.2) is 4.57 Å². The van der Waals surface area contributed by atoms with Crippen molar-refractivity contribution in [3.63, 3.8) is 0 Å². The Hall–Kier alpha value is -0.470. The van der Waals surface area contributed by atoms with Crippen LogP contribution in [0, 0.1) is 0 Å². The van der Waals surface area contributed by atoms with E-state index in [2.05, 4.69) is 17.7 Å². The van der Waals surface area contributed by atoms with Gasteiger partial charge < -0.3 is 10.3 Å². The van der Waals surface area contributed by atoms with E-state index in [4.69, 9.17) is 5.73 Å². The van der Waals surface area contributed by atoms with Crippen LogP contribution in [0.15, 0.2) is 18.5 Å². The first-order valence-corrected chi connectivity index (χ1v) is 3.21. The van der Waals surface area contributed by atoms with Crippen LogP contribution in [-0.2, 0) is 13.1 Å². The highest BCUT2D eigenvalue weighted by Gasteiger charge is 1.89. The highest BCUT2D eigenvalue weighted by Crippen LogP contribution is 1.98. The van der Waals surface area contributed by atoms with Crippen molar-refractivity contribution in [2.45, 2.75) is 20.0 Å². The van der Waals surface area contributed by atoms with E-state index < -0.39 is 0 Å². The van der Waals surface area contributed by atoms with Crippen LogP contribution in [0.5, 0.6) is 0 Å². The molecule has 0 amide bonds. The number of aryl methyl sites for hydroxylation is 1. The van der Waals surface area contributed by atoms with Crippen LogP contribution < -0.4 is 5.73 Å². The first-order valence-electron chi connectivity index (χ1n) is 3.21. The first-order chi connectivity index (χ1) is 4.36. The molecule has 0 fully saturated rings. The third-order valence-corrected chi connectivity index (χ3v) is 1.41. The van der Waals surface area contributed by atoms with Crippen molar-refractivity contribution in [3.8, 4) is 0 Å². The Labute approximate surface area is 67.4 Å². The van der Waals surface area contributed by atoms with Crippen molar-refractivity contribution >= 4 is 12.4 Å². The van der Waals surface area contributed by atoms with Gasteiger partial charge in [-0.15, -0.1) is 12.4 Å². The van der Waals surface area contributed by atoms with E-state index >= 15 is 0 Å². The summed E-state index contributed by atoms with van der Waals surface area (Å²) in [6.45, 7) is 3.79.